The summed E-state index contributed by atoms with van der Waals surface area (Å²) in [6, 6.07) is 14.3. The number of carbonyl (C=O) groups is 4. The van der Waals surface area contributed by atoms with Gasteiger partial charge in [-0.25, -0.2) is 4.79 Å². The van der Waals surface area contributed by atoms with E-state index in [0.717, 1.165) is 10.5 Å². The maximum absolute atomic E-state index is 12.4. The highest BCUT2D eigenvalue weighted by molar-refractivity contribution is 6.22. The fourth-order valence-corrected chi connectivity index (χ4v) is 3.03. The summed E-state index contributed by atoms with van der Waals surface area (Å²) < 4.78 is 5.01. The second kappa shape index (κ2) is 8.04. The van der Waals surface area contributed by atoms with Crippen LogP contribution in [0.1, 0.15) is 46.2 Å². The van der Waals surface area contributed by atoms with Crippen LogP contribution in [0.25, 0.3) is 0 Å². The summed E-state index contributed by atoms with van der Waals surface area (Å²) in [6.07, 6.45) is 0. The Hall–Kier alpha value is -3.48. The van der Waals surface area contributed by atoms with Crippen molar-refractivity contribution < 1.29 is 23.9 Å². The van der Waals surface area contributed by atoms with Gasteiger partial charge in [0.1, 0.15) is 6.04 Å². The third-order valence-corrected chi connectivity index (χ3v) is 4.58. The van der Waals surface area contributed by atoms with Crippen LogP contribution >= 0.6 is 0 Å². The monoisotopic (exact) mass is 380 g/mol. The van der Waals surface area contributed by atoms with Crippen molar-refractivity contribution in [3.8, 4) is 0 Å². The number of esters is 1. The van der Waals surface area contributed by atoms with Crippen molar-refractivity contribution >= 4 is 23.7 Å². The number of imide groups is 1. The minimum Gasteiger partial charge on any atom is -0.454 e. The van der Waals surface area contributed by atoms with Crippen molar-refractivity contribution in [2.45, 2.75) is 25.9 Å². The van der Waals surface area contributed by atoms with Gasteiger partial charge in [-0.05, 0) is 31.5 Å². The molecule has 3 amide bonds. The third kappa shape index (κ3) is 3.78. The van der Waals surface area contributed by atoms with Gasteiger partial charge >= 0.3 is 5.97 Å². The number of hydrogen-bond donors (Lipinski definition) is 1. The first-order valence-electron chi connectivity index (χ1n) is 8.88. The van der Waals surface area contributed by atoms with E-state index in [2.05, 4.69) is 5.32 Å². The Morgan fingerprint density at radius 2 is 1.46 bits per heavy atom. The molecule has 1 N–H and O–H groups in total. The summed E-state index contributed by atoms with van der Waals surface area (Å²) in [5.74, 6) is -2.39. The number of carbonyl (C=O) groups excluding carboxylic acids is 4. The third-order valence-electron chi connectivity index (χ3n) is 4.58. The lowest BCUT2D eigenvalue weighted by molar-refractivity contribution is -0.152. The van der Waals surface area contributed by atoms with Crippen molar-refractivity contribution in [1.82, 2.24) is 10.2 Å². The molecule has 2 atom stereocenters. The standard InChI is InChI=1S/C21H20N2O5/c1-13(15-8-4-3-5-9-15)22-18(24)12-28-21(27)14(2)23-19(25)16-10-6-7-11-17(16)20(23)26/h3-11,13-14H,12H2,1-2H3,(H,22,24)/t13-,14-/m0/s1. The van der Waals surface area contributed by atoms with Crippen LogP contribution in [0.5, 0.6) is 0 Å². The molecule has 0 aromatic heterocycles. The van der Waals surface area contributed by atoms with Gasteiger partial charge in [0.25, 0.3) is 17.7 Å². The first-order chi connectivity index (χ1) is 13.4. The molecule has 1 aliphatic rings. The Kier molecular flexibility index (Phi) is 5.54. The van der Waals surface area contributed by atoms with Crippen molar-refractivity contribution in [3.05, 3.63) is 71.3 Å². The predicted molar refractivity (Wildman–Crippen MR) is 100 cm³/mol. The van der Waals surface area contributed by atoms with E-state index in [1.165, 1.54) is 19.1 Å². The molecule has 3 rings (SSSR count). The minimum absolute atomic E-state index is 0.249. The van der Waals surface area contributed by atoms with E-state index in [1.54, 1.807) is 12.1 Å². The van der Waals surface area contributed by atoms with E-state index in [9.17, 15) is 19.2 Å². The average Bonchev–Trinajstić information content (AvgIpc) is 2.97. The quantitative estimate of drug-likeness (QED) is 0.612. The van der Waals surface area contributed by atoms with Crippen LogP contribution in [0.3, 0.4) is 0 Å². The smallest absolute Gasteiger partial charge is 0.329 e. The minimum atomic E-state index is -1.13. The molecule has 0 radical (unpaired) electrons. The lowest BCUT2D eigenvalue weighted by Gasteiger charge is -2.21. The van der Waals surface area contributed by atoms with Gasteiger partial charge in [-0.15, -0.1) is 0 Å². The summed E-state index contributed by atoms with van der Waals surface area (Å²) in [5.41, 5.74) is 1.42. The van der Waals surface area contributed by atoms with Crippen molar-refractivity contribution in [2.75, 3.05) is 6.61 Å². The Morgan fingerprint density at radius 3 is 2.04 bits per heavy atom. The van der Waals surface area contributed by atoms with Crippen molar-refractivity contribution in [2.24, 2.45) is 0 Å². The topological polar surface area (TPSA) is 92.8 Å². The fourth-order valence-electron chi connectivity index (χ4n) is 3.03. The number of benzene rings is 2. The molecule has 0 bridgehead atoms. The highest BCUT2D eigenvalue weighted by atomic mass is 16.5. The van der Waals surface area contributed by atoms with E-state index >= 15 is 0 Å². The number of fused-ring (bicyclic) bond motifs is 1. The lowest BCUT2D eigenvalue weighted by Crippen LogP contribution is -2.44. The van der Waals surface area contributed by atoms with E-state index in [4.69, 9.17) is 4.74 Å². The lowest BCUT2D eigenvalue weighted by atomic mass is 10.1. The maximum atomic E-state index is 12.4. The molecule has 2 aromatic rings. The van der Waals surface area contributed by atoms with Crippen molar-refractivity contribution in [3.63, 3.8) is 0 Å². The zero-order valence-electron chi connectivity index (χ0n) is 15.5. The molecular weight excluding hydrogens is 360 g/mol. The molecule has 2 aromatic carbocycles. The highest BCUT2D eigenvalue weighted by Crippen LogP contribution is 2.24. The molecule has 7 heteroatoms. The van der Waals surface area contributed by atoms with Crippen LogP contribution < -0.4 is 5.32 Å². The molecule has 0 unspecified atom stereocenters. The van der Waals surface area contributed by atoms with E-state index in [1.807, 2.05) is 37.3 Å². The summed E-state index contributed by atoms with van der Waals surface area (Å²) in [4.78, 5) is 50.0. The van der Waals surface area contributed by atoms with Gasteiger partial charge in [-0.2, -0.15) is 0 Å². The number of nitrogens with zero attached hydrogens (tertiary/aromatic N) is 1. The maximum Gasteiger partial charge on any atom is 0.329 e. The van der Waals surface area contributed by atoms with E-state index in [-0.39, 0.29) is 17.2 Å². The van der Waals surface area contributed by atoms with Crippen LogP contribution in [-0.4, -0.2) is 41.2 Å². The summed E-state index contributed by atoms with van der Waals surface area (Å²) >= 11 is 0. The molecule has 0 spiro atoms. The number of hydrogen-bond acceptors (Lipinski definition) is 5. The molecule has 0 aliphatic carbocycles. The molecule has 144 valence electrons. The molecular formula is C21H20N2O5. The number of ether oxygens (including phenoxy) is 1. The zero-order valence-corrected chi connectivity index (χ0v) is 15.5. The molecule has 0 fully saturated rings. The highest BCUT2D eigenvalue weighted by Gasteiger charge is 2.41. The van der Waals surface area contributed by atoms with Crippen LogP contribution in [0.2, 0.25) is 0 Å². The van der Waals surface area contributed by atoms with E-state index in [0.29, 0.717) is 0 Å². The molecule has 0 saturated heterocycles. The molecule has 28 heavy (non-hydrogen) atoms. The van der Waals surface area contributed by atoms with Crippen LogP contribution in [0, 0.1) is 0 Å². The number of nitrogens with one attached hydrogen (secondary N) is 1. The van der Waals surface area contributed by atoms with E-state index < -0.39 is 36.3 Å². The van der Waals surface area contributed by atoms with Crippen LogP contribution in [0.4, 0.5) is 0 Å². The zero-order chi connectivity index (χ0) is 20.3. The SMILES string of the molecule is C[C@H](NC(=O)COC(=O)[C@H](C)N1C(=O)c2ccccc2C1=O)c1ccccc1. The molecule has 1 aliphatic heterocycles. The van der Waals surface area contributed by atoms with Gasteiger partial charge in [0.15, 0.2) is 6.61 Å². The van der Waals surface area contributed by atoms with Gasteiger partial charge in [0.2, 0.25) is 0 Å². The second-order valence-corrected chi connectivity index (χ2v) is 6.51. The molecule has 7 nitrogen and oxygen atoms in total. The normalized spacial score (nSPS) is 15.0. The van der Waals surface area contributed by atoms with Crippen LogP contribution in [-0.2, 0) is 14.3 Å². The summed E-state index contributed by atoms with van der Waals surface area (Å²) in [6.45, 7) is 2.72. The summed E-state index contributed by atoms with van der Waals surface area (Å²) in [7, 11) is 0. The second-order valence-electron chi connectivity index (χ2n) is 6.51. The average molecular weight is 380 g/mol. The molecule has 0 saturated carbocycles. The van der Waals surface area contributed by atoms with Crippen LogP contribution in [0.15, 0.2) is 54.6 Å². The Balaban J connectivity index is 1.56. The van der Waals surface area contributed by atoms with Crippen molar-refractivity contribution in [1.29, 1.82) is 0 Å². The fraction of sp³-hybridized carbons (Fsp3) is 0.238. The van der Waals surface area contributed by atoms with Gasteiger partial charge in [-0.3, -0.25) is 19.3 Å². The van der Waals surface area contributed by atoms with Gasteiger partial charge in [0, 0.05) is 0 Å². The first kappa shape index (κ1) is 19.3. The number of amides is 3. The van der Waals surface area contributed by atoms with Gasteiger partial charge < -0.3 is 10.1 Å². The Morgan fingerprint density at radius 1 is 0.929 bits per heavy atom. The molecule has 1 heterocycles. The largest absolute Gasteiger partial charge is 0.454 e. The Labute approximate surface area is 162 Å². The van der Waals surface area contributed by atoms with Gasteiger partial charge in [0.05, 0.1) is 17.2 Å². The summed E-state index contributed by atoms with van der Waals surface area (Å²) in [5, 5.41) is 2.73. The first-order valence-corrected chi connectivity index (χ1v) is 8.88. The van der Waals surface area contributed by atoms with Gasteiger partial charge in [-0.1, -0.05) is 42.5 Å². The number of rotatable bonds is 6. The predicted octanol–water partition coefficient (Wildman–Crippen LogP) is 2.09. The Bertz CT molecular complexity index is 890.